The number of aromatic hydroxyl groups is 1. The summed E-state index contributed by atoms with van der Waals surface area (Å²) in [6, 6.07) is 6.50. The number of rotatable bonds is 4. The largest absolute Gasteiger partial charge is 0.508 e. The lowest BCUT2D eigenvalue weighted by Gasteiger charge is -2.07. The van der Waals surface area contributed by atoms with Crippen molar-refractivity contribution < 1.29 is 19.4 Å². The van der Waals surface area contributed by atoms with Gasteiger partial charge in [0.05, 0.1) is 19.2 Å². The Balaban J connectivity index is 2.13. The molecule has 2 N–H and O–H groups in total. The van der Waals surface area contributed by atoms with E-state index in [2.05, 4.69) is 5.32 Å². The summed E-state index contributed by atoms with van der Waals surface area (Å²) in [7, 11) is 1.30. The van der Waals surface area contributed by atoms with Crippen LogP contribution in [-0.2, 0) is 16.0 Å². The second kappa shape index (κ2) is 6.41. The molecule has 6 heteroatoms. The number of aryl methyl sites for hydroxylation is 1. The van der Waals surface area contributed by atoms with Crippen molar-refractivity contribution in [3.8, 4) is 5.75 Å². The number of phenolic OH excluding ortho intramolecular Hbond substituents is 1. The summed E-state index contributed by atoms with van der Waals surface area (Å²) in [6.07, 6.45) is 0.115. The molecule has 1 heterocycles. The molecule has 1 amide bonds. The molecule has 0 aliphatic carbocycles. The van der Waals surface area contributed by atoms with Crippen molar-refractivity contribution in [3.63, 3.8) is 0 Å². The molecule has 0 saturated heterocycles. The van der Waals surface area contributed by atoms with Crippen molar-refractivity contribution in [3.05, 3.63) is 45.6 Å². The number of methoxy groups -OCH3 is 1. The number of benzene rings is 1. The van der Waals surface area contributed by atoms with Crippen molar-refractivity contribution in [1.82, 2.24) is 0 Å². The van der Waals surface area contributed by atoms with Gasteiger partial charge in [0.1, 0.15) is 10.6 Å². The van der Waals surface area contributed by atoms with E-state index >= 15 is 0 Å². The van der Waals surface area contributed by atoms with Gasteiger partial charge >= 0.3 is 5.97 Å². The topological polar surface area (TPSA) is 75.6 Å². The van der Waals surface area contributed by atoms with Gasteiger partial charge in [-0.1, -0.05) is 12.1 Å². The van der Waals surface area contributed by atoms with Gasteiger partial charge in [0.25, 0.3) is 0 Å². The van der Waals surface area contributed by atoms with E-state index in [-0.39, 0.29) is 18.1 Å². The Hall–Kier alpha value is -2.34. The molecule has 0 aliphatic rings. The quantitative estimate of drug-likeness (QED) is 0.852. The highest BCUT2D eigenvalue weighted by Gasteiger charge is 2.18. The van der Waals surface area contributed by atoms with Crippen LogP contribution in [0.3, 0.4) is 0 Å². The van der Waals surface area contributed by atoms with Gasteiger partial charge in [-0.2, -0.15) is 0 Å². The number of thiophene rings is 1. The Kier molecular flexibility index (Phi) is 4.59. The van der Waals surface area contributed by atoms with Gasteiger partial charge in [-0.15, -0.1) is 11.3 Å². The molecular weight excluding hydrogens is 290 g/mol. The smallest absolute Gasteiger partial charge is 0.350 e. The zero-order chi connectivity index (χ0) is 15.4. The summed E-state index contributed by atoms with van der Waals surface area (Å²) in [5.74, 6) is -0.615. The number of carbonyl (C=O) groups excluding carboxylic acids is 2. The minimum atomic E-state index is -0.472. The minimum Gasteiger partial charge on any atom is -0.508 e. The van der Waals surface area contributed by atoms with Crippen LogP contribution >= 0.6 is 11.3 Å². The number of hydrogen-bond acceptors (Lipinski definition) is 5. The number of hydrogen-bond donors (Lipinski definition) is 2. The number of anilines is 1. The summed E-state index contributed by atoms with van der Waals surface area (Å²) >= 11 is 1.23. The standard InChI is InChI=1S/C15H15NO4S/c1-9-8-21-14(15(19)20-2)13(9)16-12(18)7-10-4-3-5-11(17)6-10/h3-6,8,17H,7H2,1-2H3,(H,16,18). The van der Waals surface area contributed by atoms with Crippen molar-refractivity contribution >= 4 is 28.9 Å². The molecule has 0 bridgehead atoms. The van der Waals surface area contributed by atoms with Crippen LogP contribution in [0, 0.1) is 6.92 Å². The highest BCUT2D eigenvalue weighted by atomic mass is 32.1. The van der Waals surface area contributed by atoms with Crippen LogP contribution in [0.25, 0.3) is 0 Å². The zero-order valence-corrected chi connectivity index (χ0v) is 12.5. The van der Waals surface area contributed by atoms with Crippen LogP contribution in [0.1, 0.15) is 20.8 Å². The first-order valence-electron chi connectivity index (χ1n) is 6.25. The summed E-state index contributed by atoms with van der Waals surface area (Å²) in [5, 5.41) is 13.9. The average molecular weight is 305 g/mol. The van der Waals surface area contributed by atoms with Crippen molar-refractivity contribution in [2.45, 2.75) is 13.3 Å². The van der Waals surface area contributed by atoms with Gasteiger partial charge < -0.3 is 15.2 Å². The number of ether oxygens (including phenoxy) is 1. The van der Waals surface area contributed by atoms with Crippen LogP contribution in [0.5, 0.6) is 5.75 Å². The van der Waals surface area contributed by atoms with Crippen LogP contribution in [0.2, 0.25) is 0 Å². The van der Waals surface area contributed by atoms with E-state index in [1.807, 2.05) is 6.92 Å². The highest BCUT2D eigenvalue weighted by Crippen LogP contribution is 2.28. The molecule has 0 aliphatic heterocycles. The van der Waals surface area contributed by atoms with Gasteiger partial charge in [-0.3, -0.25) is 4.79 Å². The van der Waals surface area contributed by atoms with E-state index in [0.717, 1.165) is 5.56 Å². The fourth-order valence-corrected chi connectivity index (χ4v) is 2.80. The lowest BCUT2D eigenvalue weighted by atomic mass is 10.1. The van der Waals surface area contributed by atoms with Crippen molar-refractivity contribution in [2.24, 2.45) is 0 Å². The highest BCUT2D eigenvalue weighted by molar-refractivity contribution is 7.12. The molecule has 0 unspecified atom stereocenters. The van der Waals surface area contributed by atoms with Gasteiger partial charge in [0.2, 0.25) is 5.91 Å². The second-order valence-electron chi connectivity index (χ2n) is 4.51. The molecule has 0 spiro atoms. The average Bonchev–Trinajstić information content (AvgIpc) is 2.79. The summed E-state index contributed by atoms with van der Waals surface area (Å²) in [6.45, 7) is 1.81. The summed E-state index contributed by atoms with van der Waals surface area (Å²) in [5.41, 5.74) is 1.99. The molecule has 21 heavy (non-hydrogen) atoms. The Morgan fingerprint density at radius 3 is 2.81 bits per heavy atom. The first-order chi connectivity index (χ1) is 10.0. The molecule has 1 aromatic carbocycles. The first-order valence-corrected chi connectivity index (χ1v) is 7.13. The second-order valence-corrected chi connectivity index (χ2v) is 5.39. The maximum absolute atomic E-state index is 12.1. The van der Waals surface area contributed by atoms with Crippen LogP contribution < -0.4 is 5.32 Å². The van der Waals surface area contributed by atoms with Gasteiger partial charge in [0, 0.05) is 0 Å². The molecule has 110 valence electrons. The molecule has 5 nitrogen and oxygen atoms in total. The van der Waals surface area contributed by atoms with E-state index in [0.29, 0.717) is 16.1 Å². The SMILES string of the molecule is COC(=O)c1scc(C)c1NC(=O)Cc1cccc(O)c1. The third-order valence-electron chi connectivity index (χ3n) is 2.89. The number of phenols is 1. The first kappa shape index (κ1) is 15.1. The van der Waals surface area contributed by atoms with E-state index in [1.165, 1.54) is 24.5 Å². The third-order valence-corrected chi connectivity index (χ3v) is 3.96. The molecule has 2 rings (SSSR count). The molecule has 0 radical (unpaired) electrons. The van der Waals surface area contributed by atoms with Crippen LogP contribution in [-0.4, -0.2) is 24.1 Å². The maximum atomic E-state index is 12.1. The van der Waals surface area contributed by atoms with E-state index in [1.54, 1.807) is 23.6 Å². The number of carbonyl (C=O) groups is 2. The Bertz CT molecular complexity index is 678. The fourth-order valence-electron chi connectivity index (χ4n) is 1.88. The van der Waals surface area contributed by atoms with Gasteiger partial charge in [-0.25, -0.2) is 4.79 Å². The molecular formula is C15H15NO4S. The third kappa shape index (κ3) is 3.61. The molecule has 2 aromatic rings. The predicted molar refractivity (Wildman–Crippen MR) is 80.8 cm³/mol. The summed E-state index contributed by atoms with van der Waals surface area (Å²) in [4.78, 5) is 24.1. The van der Waals surface area contributed by atoms with Crippen molar-refractivity contribution in [1.29, 1.82) is 0 Å². The molecule has 1 aromatic heterocycles. The fraction of sp³-hybridized carbons (Fsp3) is 0.200. The normalized spacial score (nSPS) is 10.2. The summed E-state index contributed by atoms with van der Waals surface area (Å²) < 4.78 is 4.69. The Morgan fingerprint density at radius 2 is 2.14 bits per heavy atom. The monoisotopic (exact) mass is 305 g/mol. The van der Waals surface area contributed by atoms with Gasteiger partial charge in [0.15, 0.2) is 0 Å². The Morgan fingerprint density at radius 1 is 1.38 bits per heavy atom. The van der Waals surface area contributed by atoms with Crippen LogP contribution in [0.15, 0.2) is 29.6 Å². The maximum Gasteiger partial charge on any atom is 0.350 e. The number of amides is 1. The predicted octanol–water partition coefficient (Wildman–Crippen LogP) is 2.73. The molecule has 0 saturated carbocycles. The van der Waals surface area contributed by atoms with E-state index in [4.69, 9.17) is 4.74 Å². The lowest BCUT2D eigenvalue weighted by molar-refractivity contribution is -0.115. The molecule has 0 fully saturated rings. The lowest BCUT2D eigenvalue weighted by Crippen LogP contribution is -2.16. The Labute approximate surface area is 126 Å². The minimum absolute atomic E-state index is 0.113. The molecule has 0 atom stereocenters. The van der Waals surface area contributed by atoms with Crippen LogP contribution in [0.4, 0.5) is 5.69 Å². The zero-order valence-electron chi connectivity index (χ0n) is 11.7. The number of nitrogens with one attached hydrogen (secondary N) is 1. The van der Waals surface area contributed by atoms with Crippen molar-refractivity contribution in [2.75, 3.05) is 12.4 Å². The van der Waals surface area contributed by atoms with E-state index in [9.17, 15) is 14.7 Å². The van der Waals surface area contributed by atoms with Gasteiger partial charge in [-0.05, 0) is 35.6 Å². The van der Waals surface area contributed by atoms with E-state index < -0.39 is 5.97 Å². The number of esters is 1.